The minimum absolute atomic E-state index is 0.103. The van der Waals surface area contributed by atoms with E-state index in [0.29, 0.717) is 17.0 Å². The molecule has 0 aliphatic carbocycles. The van der Waals surface area contributed by atoms with Crippen LogP contribution in [0.1, 0.15) is 10.5 Å². The summed E-state index contributed by atoms with van der Waals surface area (Å²) < 4.78 is 19.8. The number of methoxy groups -OCH3 is 1. The van der Waals surface area contributed by atoms with Gasteiger partial charge < -0.3 is 9.84 Å². The Morgan fingerprint density at radius 3 is 2.76 bits per heavy atom. The molecule has 0 unspecified atom stereocenters. The second kappa shape index (κ2) is 4.90. The van der Waals surface area contributed by atoms with Crippen molar-refractivity contribution in [3.05, 3.63) is 54.1 Å². The smallest absolute Gasteiger partial charge is 0.355 e. The van der Waals surface area contributed by atoms with E-state index in [9.17, 15) is 14.3 Å². The van der Waals surface area contributed by atoms with Gasteiger partial charge in [0.1, 0.15) is 22.9 Å². The number of halogens is 1. The van der Waals surface area contributed by atoms with Crippen molar-refractivity contribution < 1.29 is 19.0 Å². The van der Waals surface area contributed by atoms with Gasteiger partial charge >= 0.3 is 5.97 Å². The molecule has 1 aromatic carbocycles. The van der Waals surface area contributed by atoms with Crippen LogP contribution in [0.3, 0.4) is 0 Å². The zero-order valence-corrected chi connectivity index (χ0v) is 11.1. The maximum atomic E-state index is 13.4. The maximum Gasteiger partial charge on any atom is 0.355 e. The number of carboxylic acids is 1. The number of hydrogen-bond donors (Lipinski definition) is 1. The number of para-hydroxylation sites is 1. The van der Waals surface area contributed by atoms with Gasteiger partial charge in [-0.1, -0.05) is 12.1 Å². The van der Waals surface area contributed by atoms with Crippen molar-refractivity contribution >= 4 is 11.6 Å². The molecule has 3 aromatic rings. The van der Waals surface area contributed by atoms with Gasteiger partial charge in [-0.15, -0.1) is 0 Å². The monoisotopic (exact) mass is 286 g/mol. The largest absolute Gasteiger partial charge is 0.496 e. The summed E-state index contributed by atoms with van der Waals surface area (Å²) in [5.41, 5.74) is 1.04. The summed E-state index contributed by atoms with van der Waals surface area (Å²) in [7, 11) is 1.49. The van der Waals surface area contributed by atoms with Gasteiger partial charge in [-0.2, -0.15) is 0 Å². The molecule has 0 radical (unpaired) electrons. The lowest BCUT2D eigenvalue weighted by Gasteiger charge is -2.06. The predicted octanol–water partition coefficient (Wildman–Crippen LogP) is 2.85. The lowest BCUT2D eigenvalue weighted by molar-refractivity contribution is 0.0690. The highest BCUT2D eigenvalue weighted by Gasteiger charge is 2.22. The summed E-state index contributed by atoms with van der Waals surface area (Å²) >= 11 is 0. The summed E-state index contributed by atoms with van der Waals surface area (Å²) in [6.45, 7) is 0. The molecule has 6 heteroatoms. The number of nitrogens with zero attached hydrogens (tertiary/aromatic N) is 2. The number of ether oxygens (including phenoxy) is 1. The molecule has 0 aliphatic heterocycles. The van der Waals surface area contributed by atoms with Gasteiger partial charge in [0.25, 0.3) is 0 Å². The van der Waals surface area contributed by atoms with Crippen molar-refractivity contribution in [1.29, 1.82) is 0 Å². The van der Waals surface area contributed by atoms with Gasteiger partial charge in [-0.05, 0) is 24.3 Å². The summed E-state index contributed by atoms with van der Waals surface area (Å²) in [4.78, 5) is 15.8. The number of aromatic nitrogens is 2. The molecule has 0 bridgehead atoms. The third-order valence-electron chi connectivity index (χ3n) is 3.15. The van der Waals surface area contributed by atoms with Crippen LogP contribution in [-0.2, 0) is 0 Å². The van der Waals surface area contributed by atoms with Crippen molar-refractivity contribution in [3.63, 3.8) is 0 Å². The van der Waals surface area contributed by atoms with Crippen LogP contribution in [0, 0.1) is 5.82 Å². The zero-order valence-electron chi connectivity index (χ0n) is 11.1. The lowest BCUT2D eigenvalue weighted by Crippen LogP contribution is -2.04. The fourth-order valence-corrected chi connectivity index (χ4v) is 2.25. The molecule has 2 heterocycles. The van der Waals surface area contributed by atoms with Crippen LogP contribution in [0.2, 0.25) is 0 Å². The first-order chi connectivity index (χ1) is 10.1. The molecule has 0 fully saturated rings. The van der Waals surface area contributed by atoms with Crippen LogP contribution in [-0.4, -0.2) is 27.6 Å². The second-order valence-corrected chi connectivity index (χ2v) is 4.39. The van der Waals surface area contributed by atoms with Crippen molar-refractivity contribution in [1.82, 2.24) is 9.38 Å². The molecule has 106 valence electrons. The van der Waals surface area contributed by atoms with E-state index >= 15 is 0 Å². The van der Waals surface area contributed by atoms with E-state index in [1.807, 2.05) is 0 Å². The molecule has 3 rings (SSSR count). The van der Waals surface area contributed by atoms with Crippen LogP contribution >= 0.6 is 0 Å². The minimum Gasteiger partial charge on any atom is -0.496 e. The number of imidazole rings is 1. The minimum atomic E-state index is -1.19. The molecule has 0 amide bonds. The first-order valence-electron chi connectivity index (χ1n) is 6.16. The fourth-order valence-electron chi connectivity index (χ4n) is 2.25. The zero-order chi connectivity index (χ0) is 15.0. The number of pyridine rings is 1. The average Bonchev–Trinajstić information content (AvgIpc) is 2.85. The van der Waals surface area contributed by atoms with E-state index in [2.05, 4.69) is 4.98 Å². The summed E-state index contributed by atoms with van der Waals surface area (Å²) in [6, 6.07) is 9.63. The fraction of sp³-hybridized carbons (Fsp3) is 0.0667. The molecule has 21 heavy (non-hydrogen) atoms. The van der Waals surface area contributed by atoms with Gasteiger partial charge in [0.15, 0.2) is 5.69 Å². The van der Waals surface area contributed by atoms with E-state index in [-0.39, 0.29) is 11.4 Å². The SMILES string of the molecule is COc1ccccc1-c1nc2ccc(F)cn2c1C(=O)O. The Balaban J connectivity index is 2.37. The van der Waals surface area contributed by atoms with E-state index in [1.165, 1.54) is 23.6 Å². The number of benzene rings is 1. The number of fused-ring (bicyclic) bond motifs is 1. The highest BCUT2D eigenvalue weighted by Crippen LogP contribution is 2.32. The number of carbonyl (C=O) groups is 1. The van der Waals surface area contributed by atoms with Crippen LogP contribution in [0.25, 0.3) is 16.9 Å². The molecule has 0 spiro atoms. The quantitative estimate of drug-likeness (QED) is 0.804. The molecule has 5 nitrogen and oxygen atoms in total. The van der Waals surface area contributed by atoms with Gasteiger partial charge in [-0.25, -0.2) is 14.2 Å². The molecule has 2 aromatic heterocycles. The van der Waals surface area contributed by atoms with E-state index < -0.39 is 11.8 Å². The highest BCUT2D eigenvalue weighted by molar-refractivity contribution is 5.95. The van der Waals surface area contributed by atoms with Crippen LogP contribution < -0.4 is 4.74 Å². The van der Waals surface area contributed by atoms with Gasteiger partial charge in [0.2, 0.25) is 0 Å². The van der Waals surface area contributed by atoms with E-state index in [1.54, 1.807) is 24.3 Å². The van der Waals surface area contributed by atoms with Gasteiger partial charge in [0, 0.05) is 11.8 Å². The summed E-state index contributed by atoms with van der Waals surface area (Å²) in [5.74, 6) is -1.22. The van der Waals surface area contributed by atoms with Gasteiger partial charge in [0.05, 0.1) is 7.11 Å². The molecule has 0 atom stereocenters. The third kappa shape index (κ3) is 2.10. The lowest BCUT2D eigenvalue weighted by atomic mass is 10.1. The van der Waals surface area contributed by atoms with Crippen molar-refractivity contribution in [2.75, 3.05) is 7.11 Å². The second-order valence-electron chi connectivity index (χ2n) is 4.39. The van der Waals surface area contributed by atoms with E-state index in [4.69, 9.17) is 4.74 Å². The number of rotatable bonds is 3. The molecule has 1 N–H and O–H groups in total. The first kappa shape index (κ1) is 13.1. The Labute approximate surface area is 119 Å². The molecular weight excluding hydrogens is 275 g/mol. The maximum absolute atomic E-state index is 13.4. The third-order valence-corrected chi connectivity index (χ3v) is 3.15. The predicted molar refractivity (Wildman–Crippen MR) is 74.1 cm³/mol. The topological polar surface area (TPSA) is 63.8 Å². The number of aromatic carboxylic acids is 1. The Kier molecular flexibility index (Phi) is 3.06. The molecule has 0 saturated carbocycles. The Bertz CT molecular complexity index is 842. The van der Waals surface area contributed by atoms with Crippen LogP contribution in [0.15, 0.2) is 42.6 Å². The first-order valence-corrected chi connectivity index (χ1v) is 6.16. The van der Waals surface area contributed by atoms with Crippen LogP contribution in [0.4, 0.5) is 4.39 Å². The van der Waals surface area contributed by atoms with Crippen molar-refractivity contribution in [2.45, 2.75) is 0 Å². The normalized spacial score (nSPS) is 10.8. The number of carboxylic acid groups (broad SMARTS) is 1. The summed E-state index contributed by atoms with van der Waals surface area (Å²) in [6.07, 6.45) is 1.10. The van der Waals surface area contributed by atoms with Crippen molar-refractivity contribution in [3.8, 4) is 17.0 Å². The number of hydrogen-bond acceptors (Lipinski definition) is 3. The van der Waals surface area contributed by atoms with Crippen molar-refractivity contribution in [2.24, 2.45) is 0 Å². The average molecular weight is 286 g/mol. The molecule has 0 aliphatic rings. The highest BCUT2D eigenvalue weighted by atomic mass is 19.1. The van der Waals surface area contributed by atoms with Crippen LogP contribution in [0.5, 0.6) is 5.75 Å². The Hall–Kier alpha value is -2.89. The van der Waals surface area contributed by atoms with Gasteiger partial charge in [-0.3, -0.25) is 4.40 Å². The summed E-state index contributed by atoms with van der Waals surface area (Å²) in [5, 5.41) is 9.44. The molecular formula is C15H11FN2O3. The van der Waals surface area contributed by atoms with E-state index in [0.717, 1.165) is 6.20 Å². The molecule has 0 saturated heterocycles. The standard InChI is InChI=1S/C15H11FN2O3/c1-21-11-5-3-2-4-10(11)13-14(15(19)20)18-8-9(16)6-7-12(18)17-13/h2-8H,1H3,(H,19,20). The Morgan fingerprint density at radius 1 is 1.29 bits per heavy atom. The Morgan fingerprint density at radius 2 is 2.05 bits per heavy atom.